The van der Waals surface area contributed by atoms with E-state index in [-0.39, 0.29) is 17.1 Å². The molecular weight excluding hydrogens is 294 g/mol. The van der Waals surface area contributed by atoms with E-state index in [1.807, 2.05) is 11.8 Å². The number of amides is 1. The predicted molar refractivity (Wildman–Crippen MR) is 84.1 cm³/mol. The van der Waals surface area contributed by atoms with Crippen LogP contribution in [0.3, 0.4) is 0 Å². The molecule has 1 heterocycles. The molecule has 0 aliphatic carbocycles. The number of hydrogen-bond donors (Lipinski definition) is 2. The van der Waals surface area contributed by atoms with Crippen LogP contribution in [-0.2, 0) is 4.79 Å². The Hall–Kier alpha value is -0.710. The Morgan fingerprint density at radius 2 is 2.20 bits per heavy atom. The van der Waals surface area contributed by atoms with Crippen LogP contribution < -0.4 is 5.32 Å². The third-order valence-corrected chi connectivity index (χ3v) is 5.38. The maximum atomic E-state index is 11.9. The molecule has 1 saturated heterocycles. The quantitative estimate of drug-likeness (QED) is 0.878. The second-order valence-electron chi connectivity index (χ2n) is 5.45. The third-order valence-electron chi connectivity index (χ3n) is 3.59. The Morgan fingerprint density at radius 3 is 2.80 bits per heavy atom. The minimum atomic E-state index is -0.781. The van der Waals surface area contributed by atoms with Gasteiger partial charge in [0, 0.05) is 16.3 Å². The molecule has 3 nitrogen and oxygen atoms in total. The van der Waals surface area contributed by atoms with Crippen molar-refractivity contribution in [3.63, 3.8) is 0 Å². The van der Waals surface area contributed by atoms with E-state index in [4.69, 9.17) is 11.6 Å². The van der Waals surface area contributed by atoms with E-state index in [1.54, 1.807) is 24.3 Å². The minimum absolute atomic E-state index is 0.0857. The van der Waals surface area contributed by atoms with Crippen molar-refractivity contribution in [2.24, 2.45) is 0 Å². The molecule has 2 atom stereocenters. The summed E-state index contributed by atoms with van der Waals surface area (Å²) in [6.45, 7) is 2.85. The smallest absolute Gasteiger partial charge is 0.223 e. The van der Waals surface area contributed by atoms with Crippen LogP contribution in [0.1, 0.15) is 37.9 Å². The number of hydrogen-bond acceptors (Lipinski definition) is 3. The number of nitrogens with one attached hydrogen (secondary N) is 1. The van der Waals surface area contributed by atoms with Gasteiger partial charge in [0.25, 0.3) is 0 Å². The van der Waals surface area contributed by atoms with Crippen LogP contribution in [0.2, 0.25) is 5.02 Å². The van der Waals surface area contributed by atoms with Crippen molar-refractivity contribution >= 4 is 29.3 Å². The largest absolute Gasteiger partial charge is 0.388 e. The molecule has 0 radical (unpaired) electrons. The monoisotopic (exact) mass is 313 g/mol. The van der Waals surface area contributed by atoms with Gasteiger partial charge >= 0.3 is 0 Å². The number of carbonyl (C=O) groups is 1. The highest BCUT2D eigenvalue weighted by atomic mass is 35.5. The zero-order valence-corrected chi connectivity index (χ0v) is 13.1. The second kappa shape index (κ2) is 6.83. The fourth-order valence-corrected chi connectivity index (χ4v) is 3.68. The molecule has 1 aliphatic heterocycles. The number of halogens is 1. The van der Waals surface area contributed by atoms with E-state index in [0.29, 0.717) is 17.1 Å². The fraction of sp³-hybridized carbons (Fsp3) is 0.533. The molecule has 2 N–H and O–H groups in total. The summed E-state index contributed by atoms with van der Waals surface area (Å²) in [5, 5.41) is 13.6. The number of rotatable bonds is 5. The Bertz CT molecular complexity index is 457. The summed E-state index contributed by atoms with van der Waals surface area (Å²) in [6, 6.07) is 6.92. The maximum Gasteiger partial charge on any atom is 0.223 e. The molecule has 110 valence electrons. The molecule has 20 heavy (non-hydrogen) atoms. The van der Waals surface area contributed by atoms with Crippen molar-refractivity contribution in [2.75, 3.05) is 12.3 Å². The number of carbonyl (C=O) groups excluding carboxylic acids is 1. The lowest BCUT2D eigenvalue weighted by Crippen LogP contribution is -2.37. The number of thioether (sulfide) groups is 1. The van der Waals surface area contributed by atoms with Gasteiger partial charge in [0.2, 0.25) is 5.91 Å². The highest BCUT2D eigenvalue weighted by Crippen LogP contribution is 2.37. The SMILES string of the molecule is CC1(CNC(=O)CC(O)c2ccc(Cl)cc2)CCCS1. The summed E-state index contributed by atoms with van der Waals surface area (Å²) in [5.74, 6) is 1.06. The second-order valence-corrected chi connectivity index (χ2v) is 7.57. The average Bonchev–Trinajstić information content (AvgIpc) is 2.85. The molecule has 1 fully saturated rings. The van der Waals surface area contributed by atoms with Crippen LogP contribution in [0, 0.1) is 0 Å². The third kappa shape index (κ3) is 4.40. The van der Waals surface area contributed by atoms with Gasteiger partial charge in [-0.05, 0) is 43.2 Å². The lowest BCUT2D eigenvalue weighted by Gasteiger charge is -2.23. The van der Waals surface area contributed by atoms with Crippen molar-refractivity contribution in [3.05, 3.63) is 34.9 Å². The van der Waals surface area contributed by atoms with Gasteiger partial charge in [-0.15, -0.1) is 0 Å². The number of aliphatic hydroxyl groups excluding tert-OH is 1. The maximum absolute atomic E-state index is 11.9. The van der Waals surface area contributed by atoms with Gasteiger partial charge in [0.1, 0.15) is 0 Å². The Kier molecular flexibility index (Phi) is 5.35. The van der Waals surface area contributed by atoms with Crippen LogP contribution in [0.25, 0.3) is 0 Å². The van der Waals surface area contributed by atoms with Gasteiger partial charge in [-0.1, -0.05) is 23.7 Å². The fourth-order valence-electron chi connectivity index (χ4n) is 2.31. The van der Waals surface area contributed by atoms with E-state index in [9.17, 15) is 9.90 Å². The first-order chi connectivity index (χ1) is 9.48. The van der Waals surface area contributed by atoms with E-state index in [1.165, 1.54) is 12.2 Å². The summed E-state index contributed by atoms with van der Waals surface area (Å²) >= 11 is 7.71. The summed E-state index contributed by atoms with van der Waals surface area (Å²) in [7, 11) is 0. The van der Waals surface area contributed by atoms with Crippen molar-refractivity contribution < 1.29 is 9.90 Å². The van der Waals surface area contributed by atoms with E-state index in [2.05, 4.69) is 12.2 Å². The average molecular weight is 314 g/mol. The minimum Gasteiger partial charge on any atom is -0.388 e. The van der Waals surface area contributed by atoms with Crippen LogP contribution in [0.15, 0.2) is 24.3 Å². The molecule has 2 unspecified atom stereocenters. The summed E-state index contributed by atoms with van der Waals surface area (Å²) < 4.78 is 0.154. The van der Waals surface area contributed by atoms with Gasteiger partial charge in [-0.3, -0.25) is 4.79 Å². The zero-order valence-electron chi connectivity index (χ0n) is 11.6. The predicted octanol–water partition coefficient (Wildman–Crippen LogP) is 3.17. The normalized spacial score (nSPS) is 23.6. The molecule has 5 heteroatoms. The first kappa shape index (κ1) is 15.7. The molecule has 1 amide bonds. The molecule has 1 aromatic rings. The summed E-state index contributed by atoms with van der Waals surface area (Å²) in [6.07, 6.45) is 1.65. The topological polar surface area (TPSA) is 49.3 Å². The van der Waals surface area contributed by atoms with Crippen molar-refractivity contribution in [3.8, 4) is 0 Å². The first-order valence-electron chi connectivity index (χ1n) is 6.83. The van der Waals surface area contributed by atoms with E-state index < -0.39 is 6.10 Å². The van der Waals surface area contributed by atoms with Crippen LogP contribution in [0.4, 0.5) is 0 Å². The molecule has 1 aromatic carbocycles. The van der Waals surface area contributed by atoms with Crippen molar-refractivity contribution in [1.82, 2.24) is 5.32 Å². The van der Waals surface area contributed by atoms with Gasteiger partial charge in [0.05, 0.1) is 12.5 Å². The van der Waals surface area contributed by atoms with Crippen LogP contribution in [-0.4, -0.2) is 28.1 Å². The van der Waals surface area contributed by atoms with E-state index in [0.717, 1.165) is 6.42 Å². The molecule has 0 spiro atoms. The number of benzene rings is 1. The van der Waals surface area contributed by atoms with Gasteiger partial charge < -0.3 is 10.4 Å². The van der Waals surface area contributed by atoms with E-state index >= 15 is 0 Å². The van der Waals surface area contributed by atoms with Gasteiger partial charge in [-0.25, -0.2) is 0 Å². The molecule has 0 bridgehead atoms. The van der Waals surface area contributed by atoms with Crippen molar-refractivity contribution in [1.29, 1.82) is 0 Å². The standard InChI is InChI=1S/C15H20ClNO2S/c1-15(7-2-8-20-15)10-17-14(19)9-13(18)11-3-5-12(16)6-4-11/h3-6,13,18H,2,7-10H2,1H3,(H,17,19). The molecule has 0 aromatic heterocycles. The summed E-state index contributed by atoms with van der Waals surface area (Å²) in [5.41, 5.74) is 0.714. The summed E-state index contributed by atoms with van der Waals surface area (Å²) in [4.78, 5) is 11.9. The lowest BCUT2D eigenvalue weighted by molar-refractivity contribution is -0.123. The molecule has 1 aliphatic rings. The Balaban J connectivity index is 1.80. The molecule has 0 saturated carbocycles. The first-order valence-corrected chi connectivity index (χ1v) is 8.19. The Labute approximate surface area is 129 Å². The van der Waals surface area contributed by atoms with Gasteiger partial charge in [0.15, 0.2) is 0 Å². The highest BCUT2D eigenvalue weighted by Gasteiger charge is 2.29. The highest BCUT2D eigenvalue weighted by molar-refractivity contribution is 8.00. The number of aliphatic hydroxyl groups is 1. The molecule has 2 rings (SSSR count). The van der Waals surface area contributed by atoms with Crippen molar-refractivity contribution in [2.45, 2.75) is 37.0 Å². The molecular formula is C15H20ClNO2S. The lowest BCUT2D eigenvalue weighted by atomic mass is 10.0. The van der Waals surface area contributed by atoms with Crippen LogP contribution in [0.5, 0.6) is 0 Å². The zero-order chi connectivity index (χ0) is 14.6. The Morgan fingerprint density at radius 1 is 1.50 bits per heavy atom. The van der Waals surface area contributed by atoms with Gasteiger partial charge in [-0.2, -0.15) is 11.8 Å². The van der Waals surface area contributed by atoms with Crippen LogP contribution >= 0.6 is 23.4 Å².